The van der Waals surface area contributed by atoms with E-state index in [1.807, 2.05) is 6.07 Å². The van der Waals surface area contributed by atoms with E-state index < -0.39 is 0 Å². The van der Waals surface area contributed by atoms with E-state index in [-0.39, 0.29) is 5.91 Å². The summed E-state index contributed by atoms with van der Waals surface area (Å²) in [6.45, 7) is 0. The number of hydrogen-bond acceptors (Lipinski definition) is 1. The molecule has 2 N–H and O–H groups in total. The lowest BCUT2D eigenvalue weighted by Crippen LogP contribution is -2.49. The zero-order valence-corrected chi connectivity index (χ0v) is 12.0. The van der Waals surface area contributed by atoms with Crippen molar-refractivity contribution in [3.05, 3.63) is 34.9 Å². The van der Waals surface area contributed by atoms with Gasteiger partial charge in [-0.15, -0.1) is 0 Å². The summed E-state index contributed by atoms with van der Waals surface area (Å²) in [6, 6.07) is 6.24. The van der Waals surface area contributed by atoms with Crippen molar-refractivity contribution in [3.8, 4) is 0 Å². The van der Waals surface area contributed by atoms with Crippen molar-refractivity contribution in [2.24, 2.45) is 17.6 Å². The molecule has 3 aliphatic rings. The van der Waals surface area contributed by atoms with Crippen LogP contribution in [0.15, 0.2) is 18.2 Å². The number of carbonyl (C=O) groups excluding carboxylic acids is 1. The molecule has 0 heterocycles. The average Bonchev–Trinajstić information content (AvgIpc) is 2.46. The third kappa shape index (κ3) is 1.60. The molecule has 0 saturated heterocycles. The van der Waals surface area contributed by atoms with E-state index in [4.69, 9.17) is 5.73 Å². The Labute approximate surface area is 120 Å². The molecule has 1 amide bonds. The molecule has 2 heteroatoms. The summed E-state index contributed by atoms with van der Waals surface area (Å²) in [7, 11) is 0. The lowest BCUT2D eigenvalue weighted by molar-refractivity contribution is 0.0522. The Bertz CT molecular complexity index is 561. The van der Waals surface area contributed by atoms with Gasteiger partial charge in [0.2, 0.25) is 5.91 Å². The number of amides is 1. The van der Waals surface area contributed by atoms with Gasteiger partial charge in [-0.3, -0.25) is 4.79 Å². The summed E-state index contributed by atoms with van der Waals surface area (Å²) >= 11 is 0. The third-order valence-corrected chi connectivity index (χ3v) is 6.28. The van der Waals surface area contributed by atoms with Gasteiger partial charge in [-0.05, 0) is 72.6 Å². The Kier molecular flexibility index (Phi) is 2.70. The van der Waals surface area contributed by atoms with E-state index in [1.54, 1.807) is 0 Å². The van der Waals surface area contributed by atoms with Gasteiger partial charge in [-0.25, -0.2) is 0 Å². The van der Waals surface area contributed by atoms with Crippen LogP contribution in [-0.4, -0.2) is 5.91 Å². The smallest absolute Gasteiger partial charge is 0.248 e. The molecular formula is C18H23NO. The first-order valence-electron chi connectivity index (χ1n) is 8.14. The third-order valence-electron chi connectivity index (χ3n) is 6.28. The molecule has 0 spiro atoms. The topological polar surface area (TPSA) is 43.1 Å². The number of carbonyl (C=O) groups is 1. The molecule has 0 aromatic heterocycles. The Morgan fingerprint density at radius 2 is 2.00 bits per heavy atom. The van der Waals surface area contributed by atoms with Gasteiger partial charge in [0.25, 0.3) is 0 Å². The van der Waals surface area contributed by atoms with Crippen LogP contribution < -0.4 is 5.73 Å². The Balaban J connectivity index is 1.89. The molecule has 0 aliphatic heterocycles. The standard InChI is InChI=1S/C18H23NO/c19-17(20)14-7-6-13-10-12-4-3-9-18(16(13)11-14)8-2-1-5-15(12)18/h6-7,11-12,15H,1-5,8-10H2,(H2,19,20)/t12-,15+,18-/m1/s1. The molecule has 2 saturated carbocycles. The van der Waals surface area contributed by atoms with Crippen LogP contribution in [0.3, 0.4) is 0 Å². The van der Waals surface area contributed by atoms with Crippen LogP contribution in [0.1, 0.15) is 66.4 Å². The Morgan fingerprint density at radius 1 is 1.15 bits per heavy atom. The fraction of sp³-hybridized carbons (Fsp3) is 0.611. The zero-order valence-electron chi connectivity index (χ0n) is 12.0. The highest BCUT2D eigenvalue weighted by Crippen LogP contribution is 2.58. The second-order valence-electron chi connectivity index (χ2n) is 7.10. The van der Waals surface area contributed by atoms with Gasteiger partial charge in [0.1, 0.15) is 0 Å². The summed E-state index contributed by atoms with van der Waals surface area (Å²) in [5.74, 6) is 1.46. The molecule has 0 radical (unpaired) electrons. The first-order valence-corrected chi connectivity index (χ1v) is 8.14. The van der Waals surface area contributed by atoms with Crippen molar-refractivity contribution in [2.75, 3.05) is 0 Å². The minimum absolute atomic E-state index is 0.283. The summed E-state index contributed by atoms with van der Waals surface area (Å²) in [6.07, 6.45) is 10.8. The van der Waals surface area contributed by atoms with Crippen LogP contribution in [-0.2, 0) is 11.8 Å². The molecule has 1 aromatic rings. The second kappa shape index (κ2) is 4.34. The highest BCUT2D eigenvalue weighted by molar-refractivity contribution is 5.93. The molecule has 2 bridgehead atoms. The minimum Gasteiger partial charge on any atom is -0.366 e. The average molecular weight is 269 g/mol. The normalized spacial score (nSPS) is 35.0. The minimum atomic E-state index is -0.283. The van der Waals surface area contributed by atoms with Crippen molar-refractivity contribution in [2.45, 2.75) is 56.8 Å². The predicted octanol–water partition coefficient (Wildman–Crippen LogP) is 3.57. The van der Waals surface area contributed by atoms with Crippen LogP contribution in [0.25, 0.3) is 0 Å². The molecule has 3 aliphatic carbocycles. The van der Waals surface area contributed by atoms with Crippen LogP contribution in [0.5, 0.6) is 0 Å². The Hall–Kier alpha value is -1.31. The number of hydrogen-bond donors (Lipinski definition) is 1. The molecule has 1 aromatic carbocycles. The number of fused-ring (bicyclic) bond motifs is 1. The lowest BCUT2D eigenvalue weighted by Gasteiger charge is -2.55. The molecule has 4 rings (SSSR count). The van der Waals surface area contributed by atoms with Gasteiger partial charge in [0.05, 0.1) is 0 Å². The van der Waals surface area contributed by atoms with Crippen molar-refractivity contribution in [1.29, 1.82) is 0 Å². The number of benzene rings is 1. The SMILES string of the molecule is NC(=O)c1ccc2c(c1)[C@@]13CCCC[C@H]1[C@H](CCC3)C2. The van der Waals surface area contributed by atoms with Crippen molar-refractivity contribution >= 4 is 5.91 Å². The molecule has 3 atom stereocenters. The quantitative estimate of drug-likeness (QED) is 0.832. The molecular weight excluding hydrogens is 246 g/mol. The Morgan fingerprint density at radius 3 is 2.85 bits per heavy atom. The van der Waals surface area contributed by atoms with E-state index >= 15 is 0 Å². The first kappa shape index (κ1) is 12.4. The monoisotopic (exact) mass is 269 g/mol. The number of nitrogens with two attached hydrogens (primary N) is 1. The fourth-order valence-corrected chi connectivity index (χ4v) is 5.51. The van der Waals surface area contributed by atoms with Gasteiger partial charge >= 0.3 is 0 Å². The van der Waals surface area contributed by atoms with Crippen LogP contribution in [0.4, 0.5) is 0 Å². The molecule has 20 heavy (non-hydrogen) atoms. The fourth-order valence-electron chi connectivity index (χ4n) is 5.51. The van der Waals surface area contributed by atoms with E-state index in [1.165, 1.54) is 62.5 Å². The summed E-state index contributed by atoms with van der Waals surface area (Å²) in [5.41, 5.74) is 9.56. The van der Waals surface area contributed by atoms with Crippen molar-refractivity contribution in [1.82, 2.24) is 0 Å². The van der Waals surface area contributed by atoms with Gasteiger partial charge in [0.15, 0.2) is 0 Å². The maximum Gasteiger partial charge on any atom is 0.248 e. The molecule has 0 unspecified atom stereocenters. The second-order valence-corrected chi connectivity index (χ2v) is 7.10. The van der Waals surface area contributed by atoms with Gasteiger partial charge in [-0.2, -0.15) is 0 Å². The van der Waals surface area contributed by atoms with Gasteiger partial charge in [-0.1, -0.05) is 25.3 Å². The number of rotatable bonds is 1. The lowest BCUT2D eigenvalue weighted by atomic mass is 9.49. The van der Waals surface area contributed by atoms with Crippen LogP contribution >= 0.6 is 0 Å². The maximum absolute atomic E-state index is 11.5. The van der Waals surface area contributed by atoms with Crippen molar-refractivity contribution in [3.63, 3.8) is 0 Å². The highest BCUT2D eigenvalue weighted by atomic mass is 16.1. The maximum atomic E-state index is 11.5. The summed E-state index contributed by atoms with van der Waals surface area (Å²) < 4.78 is 0. The largest absolute Gasteiger partial charge is 0.366 e. The number of primary amides is 1. The highest BCUT2D eigenvalue weighted by Gasteiger charge is 2.51. The van der Waals surface area contributed by atoms with E-state index in [9.17, 15) is 4.79 Å². The predicted molar refractivity (Wildman–Crippen MR) is 79.6 cm³/mol. The van der Waals surface area contributed by atoms with E-state index in [0.29, 0.717) is 11.0 Å². The van der Waals surface area contributed by atoms with E-state index in [2.05, 4.69) is 12.1 Å². The molecule has 106 valence electrons. The van der Waals surface area contributed by atoms with Gasteiger partial charge in [0, 0.05) is 5.56 Å². The first-order chi connectivity index (χ1) is 9.71. The van der Waals surface area contributed by atoms with Gasteiger partial charge < -0.3 is 5.73 Å². The summed E-state index contributed by atoms with van der Waals surface area (Å²) in [4.78, 5) is 11.5. The zero-order chi connectivity index (χ0) is 13.7. The van der Waals surface area contributed by atoms with Crippen molar-refractivity contribution < 1.29 is 4.79 Å². The molecule has 2 nitrogen and oxygen atoms in total. The van der Waals surface area contributed by atoms with Crippen LogP contribution in [0.2, 0.25) is 0 Å². The molecule has 2 fully saturated rings. The van der Waals surface area contributed by atoms with E-state index in [0.717, 1.165) is 11.8 Å². The van der Waals surface area contributed by atoms with Crippen LogP contribution in [0, 0.1) is 11.8 Å². The summed E-state index contributed by atoms with van der Waals surface area (Å²) in [5, 5.41) is 0.